The van der Waals surface area contributed by atoms with Crippen molar-refractivity contribution in [3.8, 4) is 0 Å². The van der Waals surface area contributed by atoms with Crippen molar-refractivity contribution in [3.05, 3.63) is 24.2 Å². The molecule has 1 heterocycles. The van der Waals surface area contributed by atoms with Gasteiger partial charge in [-0.15, -0.1) is 0 Å². The van der Waals surface area contributed by atoms with Crippen LogP contribution in [0.25, 0.3) is 0 Å². The normalized spacial score (nSPS) is 25.3. The van der Waals surface area contributed by atoms with Crippen molar-refractivity contribution in [2.75, 3.05) is 0 Å². The van der Waals surface area contributed by atoms with Crippen molar-refractivity contribution in [2.24, 2.45) is 11.7 Å². The van der Waals surface area contributed by atoms with Gasteiger partial charge < -0.3 is 15.5 Å². The minimum Gasteiger partial charge on any atom is -0.467 e. The van der Waals surface area contributed by atoms with E-state index in [1.165, 1.54) is 0 Å². The van der Waals surface area contributed by atoms with Crippen LogP contribution in [0.2, 0.25) is 0 Å². The third-order valence-electron chi connectivity index (χ3n) is 3.16. The molecule has 88 valence electrons. The summed E-state index contributed by atoms with van der Waals surface area (Å²) >= 11 is 0. The Balaban J connectivity index is 1.75. The molecule has 0 saturated heterocycles. The van der Waals surface area contributed by atoms with Crippen LogP contribution in [0.5, 0.6) is 0 Å². The van der Waals surface area contributed by atoms with E-state index in [9.17, 15) is 4.79 Å². The largest absolute Gasteiger partial charge is 0.467 e. The molecule has 0 spiro atoms. The summed E-state index contributed by atoms with van der Waals surface area (Å²) in [7, 11) is 0. The monoisotopic (exact) mass is 222 g/mol. The van der Waals surface area contributed by atoms with Crippen LogP contribution >= 0.6 is 0 Å². The molecule has 0 radical (unpaired) electrons. The summed E-state index contributed by atoms with van der Waals surface area (Å²) in [5.74, 6) is 1.05. The Labute approximate surface area is 95.2 Å². The fraction of sp³-hybridized carbons (Fsp3) is 0.583. The van der Waals surface area contributed by atoms with Gasteiger partial charge in [-0.2, -0.15) is 0 Å². The second kappa shape index (κ2) is 5.16. The summed E-state index contributed by atoms with van der Waals surface area (Å²) in [4.78, 5) is 11.8. The van der Waals surface area contributed by atoms with Crippen molar-refractivity contribution in [2.45, 2.75) is 38.3 Å². The van der Waals surface area contributed by atoms with Gasteiger partial charge in [-0.3, -0.25) is 4.79 Å². The molecule has 1 aliphatic carbocycles. The van der Waals surface area contributed by atoms with Gasteiger partial charge in [0.15, 0.2) is 0 Å². The predicted molar refractivity (Wildman–Crippen MR) is 60.5 cm³/mol. The van der Waals surface area contributed by atoms with E-state index in [4.69, 9.17) is 10.2 Å². The van der Waals surface area contributed by atoms with E-state index in [1.54, 1.807) is 6.26 Å². The van der Waals surface area contributed by atoms with Crippen LogP contribution in [0.3, 0.4) is 0 Å². The summed E-state index contributed by atoms with van der Waals surface area (Å²) in [5.41, 5.74) is 5.80. The number of furan rings is 1. The predicted octanol–water partition coefficient (Wildman–Crippen LogP) is 1.41. The van der Waals surface area contributed by atoms with Crippen LogP contribution < -0.4 is 11.1 Å². The van der Waals surface area contributed by atoms with Gasteiger partial charge in [-0.1, -0.05) is 0 Å². The van der Waals surface area contributed by atoms with E-state index in [0.717, 1.165) is 31.4 Å². The number of carbonyl (C=O) groups is 1. The molecule has 0 atom stereocenters. The molecular weight excluding hydrogens is 204 g/mol. The molecule has 1 aromatic rings. The average molecular weight is 222 g/mol. The number of amides is 1. The molecule has 16 heavy (non-hydrogen) atoms. The maximum absolute atomic E-state index is 11.8. The second-order valence-corrected chi connectivity index (χ2v) is 4.41. The Morgan fingerprint density at radius 2 is 2.19 bits per heavy atom. The van der Waals surface area contributed by atoms with Gasteiger partial charge in [-0.25, -0.2) is 0 Å². The molecule has 3 N–H and O–H groups in total. The van der Waals surface area contributed by atoms with Crippen LogP contribution in [-0.2, 0) is 11.3 Å². The van der Waals surface area contributed by atoms with Gasteiger partial charge in [0, 0.05) is 12.0 Å². The number of hydrogen-bond acceptors (Lipinski definition) is 3. The van der Waals surface area contributed by atoms with Crippen LogP contribution in [0.15, 0.2) is 22.8 Å². The summed E-state index contributed by atoms with van der Waals surface area (Å²) in [6.45, 7) is 0.481. The van der Waals surface area contributed by atoms with Gasteiger partial charge >= 0.3 is 0 Å². The van der Waals surface area contributed by atoms with Crippen LogP contribution in [0.1, 0.15) is 31.4 Å². The molecule has 0 aliphatic heterocycles. The highest BCUT2D eigenvalue weighted by Crippen LogP contribution is 2.23. The van der Waals surface area contributed by atoms with Crippen molar-refractivity contribution in [3.63, 3.8) is 0 Å². The maximum atomic E-state index is 11.8. The molecule has 0 bridgehead atoms. The molecular formula is C12H18N2O2. The number of nitrogens with two attached hydrogens (primary N) is 1. The van der Waals surface area contributed by atoms with Crippen molar-refractivity contribution >= 4 is 5.91 Å². The first kappa shape index (κ1) is 11.2. The molecule has 1 aromatic heterocycles. The summed E-state index contributed by atoms with van der Waals surface area (Å²) in [5, 5.41) is 2.90. The standard InChI is InChI=1S/C12H18N2O2/c13-10-5-3-9(4-6-10)12(15)14-8-11-2-1-7-16-11/h1-2,7,9-10H,3-6,8,13H2,(H,14,15). The van der Waals surface area contributed by atoms with Gasteiger partial charge in [0.1, 0.15) is 5.76 Å². The van der Waals surface area contributed by atoms with Crippen LogP contribution in [0, 0.1) is 5.92 Å². The van der Waals surface area contributed by atoms with E-state index < -0.39 is 0 Å². The van der Waals surface area contributed by atoms with Crippen molar-refractivity contribution in [1.82, 2.24) is 5.32 Å². The highest BCUT2D eigenvalue weighted by Gasteiger charge is 2.24. The highest BCUT2D eigenvalue weighted by atomic mass is 16.3. The Bertz CT molecular complexity index is 327. The number of hydrogen-bond donors (Lipinski definition) is 2. The average Bonchev–Trinajstić information content (AvgIpc) is 2.80. The molecule has 4 heteroatoms. The SMILES string of the molecule is NC1CCC(C(=O)NCc2ccco2)CC1. The topological polar surface area (TPSA) is 68.3 Å². The van der Waals surface area contributed by atoms with Crippen LogP contribution in [0.4, 0.5) is 0 Å². The third-order valence-corrected chi connectivity index (χ3v) is 3.16. The van der Waals surface area contributed by atoms with E-state index in [2.05, 4.69) is 5.32 Å². The smallest absolute Gasteiger partial charge is 0.223 e. The van der Waals surface area contributed by atoms with Gasteiger partial charge in [0.25, 0.3) is 0 Å². The molecule has 4 nitrogen and oxygen atoms in total. The molecule has 1 saturated carbocycles. The lowest BCUT2D eigenvalue weighted by atomic mass is 9.86. The summed E-state index contributed by atoms with van der Waals surface area (Å²) < 4.78 is 5.15. The lowest BCUT2D eigenvalue weighted by molar-refractivity contribution is -0.126. The Morgan fingerprint density at radius 1 is 1.44 bits per heavy atom. The second-order valence-electron chi connectivity index (χ2n) is 4.41. The third kappa shape index (κ3) is 2.85. The summed E-state index contributed by atoms with van der Waals surface area (Å²) in [6, 6.07) is 3.96. The number of carbonyl (C=O) groups excluding carboxylic acids is 1. The molecule has 1 fully saturated rings. The zero-order valence-electron chi connectivity index (χ0n) is 9.32. The lowest BCUT2D eigenvalue weighted by Gasteiger charge is -2.24. The Morgan fingerprint density at radius 3 is 2.81 bits per heavy atom. The zero-order valence-corrected chi connectivity index (χ0v) is 9.32. The summed E-state index contributed by atoms with van der Waals surface area (Å²) in [6.07, 6.45) is 5.34. The maximum Gasteiger partial charge on any atom is 0.223 e. The quantitative estimate of drug-likeness (QED) is 0.812. The van der Waals surface area contributed by atoms with Gasteiger partial charge in [-0.05, 0) is 37.8 Å². The van der Waals surface area contributed by atoms with Crippen molar-refractivity contribution in [1.29, 1.82) is 0 Å². The fourth-order valence-corrected chi connectivity index (χ4v) is 2.11. The van der Waals surface area contributed by atoms with E-state index >= 15 is 0 Å². The first-order valence-electron chi connectivity index (χ1n) is 5.81. The molecule has 1 amide bonds. The molecule has 2 rings (SSSR count). The Kier molecular flexibility index (Phi) is 3.62. The van der Waals surface area contributed by atoms with Gasteiger partial charge in [0.05, 0.1) is 12.8 Å². The minimum absolute atomic E-state index is 0.128. The molecule has 0 unspecified atom stereocenters. The van der Waals surface area contributed by atoms with Gasteiger partial charge in [0.2, 0.25) is 5.91 Å². The first-order chi connectivity index (χ1) is 7.75. The first-order valence-corrected chi connectivity index (χ1v) is 5.81. The van der Waals surface area contributed by atoms with Crippen LogP contribution in [-0.4, -0.2) is 11.9 Å². The number of rotatable bonds is 3. The zero-order chi connectivity index (χ0) is 11.4. The van der Waals surface area contributed by atoms with Crippen molar-refractivity contribution < 1.29 is 9.21 Å². The number of nitrogens with one attached hydrogen (secondary N) is 1. The Hall–Kier alpha value is -1.29. The van der Waals surface area contributed by atoms with E-state index in [-0.39, 0.29) is 17.9 Å². The van der Waals surface area contributed by atoms with E-state index in [1.807, 2.05) is 12.1 Å². The molecule has 1 aliphatic rings. The highest BCUT2D eigenvalue weighted by molar-refractivity contribution is 5.78. The fourth-order valence-electron chi connectivity index (χ4n) is 2.11. The van der Waals surface area contributed by atoms with E-state index in [0.29, 0.717) is 6.54 Å². The minimum atomic E-state index is 0.128. The lowest BCUT2D eigenvalue weighted by Crippen LogP contribution is -2.35. The molecule has 0 aromatic carbocycles.